The number of nitrogens with zero attached hydrogens (tertiary/aromatic N) is 2. The zero-order valence-electron chi connectivity index (χ0n) is 13.8. The largest absolute Gasteiger partial charge is 0.496 e. The normalized spacial score (nSPS) is 12.5. The molecule has 0 saturated carbocycles. The number of hydrogen-bond donors (Lipinski definition) is 1. The van der Waals surface area contributed by atoms with Crippen molar-refractivity contribution in [3.05, 3.63) is 46.3 Å². The summed E-state index contributed by atoms with van der Waals surface area (Å²) >= 11 is 0. The Balaban J connectivity index is 2.36. The molecule has 114 valence electrons. The molecule has 0 aliphatic carbocycles. The van der Waals surface area contributed by atoms with Gasteiger partial charge in [0.25, 0.3) is 0 Å². The van der Waals surface area contributed by atoms with Crippen molar-refractivity contribution in [2.75, 3.05) is 14.2 Å². The molecule has 0 aliphatic rings. The number of benzene rings is 1. The van der Waals surface area contributed by atoms with E-state index in [0.717, 1.165) is 18.0 Å². The third-order valence-electron chi connectivity index (χ3n) is 4.21. The Hall–Kier alpha value is -1.81. The van der Waals surface area contributed by atoms with E-state index < -0.39 is 0 Å². The van der Waals surface area contributed by atoms with Crippen LogP contribution in [0.2, 0.25) is 0 Å². The average molecular weight is 287 g/mol. The highest BCUT2D eigenvalue weighted by molar-refractivity contribution is 5.39. The number of hydrogen-bond acceptors (Lipinski definition) is 3. The van der Waals surface area contributed by atoms with Crippen LogP contribution in [0.5, 0.6) is 5.75 Å². The Morgan fingerprint density at radius 3 is 2.48 bits per heavy atom. The molecule has 0 amide bonds. The van der Waals surface area contributed by atoms with E-state index in [1.165, 1.54) is 22.4 Å². The molecule has 0 saturated heterocycles. The van der Waals surface area contributed by atoms with Crippen LogP contribution < -0.4 is 10.1 Å². The number of likely N-dealkylation sites (N-methyl/N-ethyl adjacent to an activating group) is 1. The molecule has 2 rings (SSSR count). The molecular weight excluding hydrogens is 262 g/mol. The van der Waals surface area contributed by atoms with Crippen molar-refractivity contribution < 1.29 is 4.74 Å². The van der Waals surface area contributed by atoms with E-state index >= 15 is 0 Å². The van der Waals surface area contributed by atoms with E-state index in [0.29, 0.717) is 0 Å². The van der Waals surface area contributed by atoms with E-state index in [4.69, 9.17) is 4.74 Å². The number of aromatic nitrogens is 2. The zero-order valence-corrected chi connectivity index (χ0v) is 13.8. The van der Waals surface area contributed by atoms with Gasteiger partial charge in [-0.15, -0.1) is 0 Å². The summed E-state index contributed by atoms with van der Waals surface area (Å²) in [7, 11) is 3.69. The fraction of sp³-hybridized carbons (Fsp3) is 0.471. The van der Waals surface area contributed by atoms with Crippen molar-refractivity contribution in [3.8, 4) is 5.75 Å². The van der Waals surface area contributed by atoms with Gasteiger partial charge in [0, 0.05) is 11.3 Å². The van der Waals surface area contributed by atoms with E-state index in [1.54, 1.807) is 7.11 Å². The van der Waals surface area contributed by atoms with Crippen LogP contribution in [0.25, 0.3) is 0 Å². The fourth-order valence-corrected chi connectivity index (χ4v) is 2.61. The van der Waals surface area contributed by atoms with Gasteiger partial charge in [0.2, 0.25) is 0 Å². The number of ether oxygens (including phenoxy) is 1. The molecule has 4 heteroatoms. The highest BCUT2D eigenvalue weighted by Gasteiger charge is 2.18. The minimum absolute atomic E-state index is 0.164. The summed E-state index contributed by atoms with van der Waals surface area (Å²) in [6.45, 7) is 9.19. The molecule has 1 heterocycles. The molecule has 0 bridgehead atoms. The zero-order chi connectivity index (χ0) is 15.6. The molecule has 1 unspecified atom stereocenters. The second-order valence-corrected chi connectivity index (χ2v) is 5.56. The maximum absolute atomic E-state index is 5.51. The Kier molecular flexibility index (Phi) is 4.68. The Morgan fingerprint density at radius 1 is 1.24 bits per heavy atom. The van der Waals surface area contributed by atoms with Crippen molar-refractivity contribution in [3.63, 3.8) is 0 Å². The molecule has 21 heavy (non-hydrogen) atoms. The summed E-state index contributed by atoms with van der Waals surface area (Å²) < 4.78 is 7.59. The molecule has 1 aromatic heterocycles. The van der Waals surface area contributed by atoms with Gasteiger partial charge in [-0.2, -0.15) is 5.10 Å². The summed E-state index contributed by atoms with van der Waals surface area (Å²) in [4.78, 5) is 0. The lowest BCUT2D eigenvalue weighted by Crippen LogP contribution is -2.24. The summed E-state index contributed by atoms with van der Waals surface area (Å²) in [5.74, 6) is 0.915. The number of methoxy groups -OCH3 is 1. The summed E-state index contributed by atoms with van der Waals surface area (Å²) in [6, 6.07) is 6.44. The molecule has 1 N–H and O–H groups in total. The number of rotatable bonds is 5. The van der Waals surface area contributed by atoms with E-state index in [-0.39, 0.29) is 6.04 Å². The minimum atomic E-state index is 0.164. The van der Waals surface area contributed by atoms with Gasteiger partial charge in [-0.3, -0.25) is 4.68 Å². The van der Waals surface area contributed by atoms with Crippen molar-refractivity contribution in [2.45, 2.75) is 40.3 Å². The summed E-state index contributed by atoms with van der Waals surface area (Å²) in [5, 5.41) is 8.02. The Labute approximate surface area is 127 Å². The van der Waals surface area contributed by atoms with Gasteiger partial charge in [0.15, 0.2) is 0 Å². The van der Waals surface area contributed by atoms with Crippen molar-refractivity contribution in [1.29, 1.82) is 0 Å². The summed E-state index contributed by atoms with van der Waals surface area (Å²) in [5.41, 5.74) is 5.99. The Bertz CT molecular complexity index is 631. The first-order chi connectivity index (χ1) is 9.97. The monoisotopic (exact) mass is 287 g/mol. The predicted octanol–water partition coefficient (Wildman–Crippen LogP) is 3.09. The first-order valence-corrected chi connectivity index (χ1v) is 7.30. The lowest BCUT2D eigenvalue weighted by Gasteiger charge is -2.21. The van der Waals surface area contributed by atoms with Crippen LogP contribution in [0.15, 0.2) is 18.2 Å². The highest BCUT2D eigenvalue weighted by Crippen LogP contribution is 2.28. The lowest BCUT2D eigenvalue weighted by atomic mass is 10.0. The number of aryl methyl sites for hydroxylation is 2. The first-order valence-electron chi connectivity index (χ1n) is 7.30. The second-order valence-electron chi connectivity index (χ2n) is 5.56. The second kappa shape index (κ2) is 6.31. The van der Waals surface area contributed by atoms with Crippen LogP contribution in [-0.2, 0) is 6.54 Å². The molecule has 1 atom stereocenters. The molecule has 1 aromatic carbocycles. The molecular formula is C17H25N3O. The van der Waals surface area contributed by atoms with Gasteiger partial charge in [0.1, 0.15) is 5.75 Å². The molecule has 0 aliphatic heterocycles. The van der Waals surface area contributed by atoms with Crippen LogP contribution in [-0.4, -0.2) is 23.9 Å². The van der Waals surface area contributed by atoms with Crippen LogP contribution in [0.4, 0.5) is 0 Å². The summed E-state index contributed by atoms with van der Waals surface area (Å²) in [6.07, 6.45) is 0. The first kappa shape index (κ1) is 15.6. The van der Waals surface area contributed by atoms with E-state index in [9.17, 15) is 0 Å². The molecule has 2 aromatic rings. The van der Waals surface area contributed by atoms with Crippen LogP contribution in [0, 0.1) is 27.7 Å². The van der Waals surface area contributed by atoms with E-state index in [2.05, 4.69) is 54.9 Å². The third-order valence-corrected chi connectivity index (χ3v) is 4.21. The molecule has 0 radical (unpaired) electrons. The van der Waals surface area contributed by atoms with Gasteiger partial charge >= 0.3 is 0 Å². The maximum Gasteiger partial charge on any atom is 0.123 e. The van der Waals surface area contributed by atoms with Crippen molar-refractivity contribution in [2.24, 2.45) is 0 Å². The maximum atomic E-state index is 5.51. The third kappa shape index (κ3) is 3.10. The van der Waals surface area contributed by atoms with Gasteiger partial charge in [-0.25, -0.2) is 0 Å². The lowest BCUT2D eigenvalue weighted by molar-refractivity contribution is 0.389. The van der Waals surface area contributed by atoms with Gasteiger partial charge in [-0.05, 0) is 46.4 Å². The standard InChI is InChI=1S/C17H25N3O/c1-11-7-8-17(21-6)15(9-11)16(18-5)10-20-14(4)12(2)13(3)19-20/h7-9,16,18H,10H2,1-6H3. The van der Waals surface area contributed by atoms with Crippen molar-refractivity contribution >= 4 is 0 Å². The van der Waals surface area contributed by atoms with Gasteiger partial charge in [-0.1, -0.05) is 17.7 Å². The van der Waals surface area contributed by atoms with Crippen LogP contribution >= 0.6 is 0 Å². The molecule has 0 fully saturated rings. The SMILES string of the molecule is CNC(Cn1nc(C)c(C)c1C)c1cc(C)ccc1OC. The quantitative estimate of drug-likeness (QED) is 0.918. The minimum Gasteiger partial charge on any atom is -0.496 e. The van der Waals surface area contributed by atoms with E-state index in [1.807, 2.05) is 13.1 Å². The fourth-order valence-electron chi connectivity index (χ4n) is 2.61. The smallest absolute Gasteiger partial charge is 0.123 e. The van der Waals surface area contributed by atoms with Crippen molar-refractivity contribution in [1.82, 2.24) is 15.1 Å². The van der Waals surface area contributed by atoms with Crippen LogP contribution in [0.1, 0.15) is 34.1 Å². The van der Waals surface area contributed by atoms with Crippen LogP contribution in [0.3, 0.4) is 0 Å². The van der Waals surface area contributed by atoms with Gasteiger partial charge in [0.05, 0.1) is 25.4 Å². The average Bonchev–Trinajstić information content (AvgIpc) is 2.72. The molecule has 4 nitrogen and oxygen atoms in total. The highest BCUT2D eigenvalue weighted by atomic mass is 16.5. The van der Waals surface area contributed by atoms with Gasteiger partial charge < -0.3 is 10.1 Å². The predicted molar refractivity (Wildman–Crippen MR) is 86.0 cm³/mol. The number of nitrogens with one attached hydrogen (secondary N) is 1. The molecule has 0 spiro atoms. The topological polar surface area (TPSA) is 39.1 Å². The Morgan fingerprint density at radius 2 is 1.95 bits per heavy atom.